The lowest BCUT2D eigenvalue weighted by molar-refractivity contribution is -0.115. The van der Waals surface area contributed by atoms with Gasteiger partial charge in [-0.25, -0.2) is 9.97 Å². The second kappa shape index (κ2) is 9.72. The molecule has 4 rings (SSSR count). The molecule has 9 nitrogen and oxygen atoms in total. The van der Waals surface area contributed by atoms with Crippen LogP contribution in [0.4, 0.5) is 24.9 Å². The predicted molar refractivity (Wildman–Crippen MR) is 126 cm³/mol. The number of methoxy groups -OCH3 is 1. The largest absolute Gasteiger partial charge is 0.494 e. The number of aliphatic hydroxyl groups is 3. The van der Waals surface area contributed by atoms with Gasteiger partial charge >= 0.3 is 6.18 Å². The Kier molecular flexibility index (Phi) is 7.04. The molecule has 35 heavy (non-hydrogen) atoms. The van der Waals surface area contributed by atoms with Crippen molar-refractivity contribution >= 4 is 33.3 Å². The van der Waals surface area contributed by atoms with Gasteiger partial charge in [0, 0.05) is 5.92 Å². The van der Waals surface area contributed by atoms with E-state index in [4.69, 9.17) is 4.74 Å². The number of ether oxygens (including phenoxy) is 1. The topological polar surface area (TPSA) is 133 Å². The number of nitrogens with one attached hydrogen (secondary N) is 2. The van der Waals surface area contributed by atoms with Gasteiger partial charge in [-0.2, -0.15) is 18.2 Å². The molecule has 3 aromatic rings. The van der Waals surface area contributed by atoms with Crippen molar-refractivity contribution in [3.8, 4) is 16.3 Å². The molecule has 0 saturated heterocycles. The van der Waals surface area contributed by atoms with Gasteiger partial charge in [-0.3, -0.25) is 0 Å². The summed E-state index contributed by atoms with van der Waals surface area (Å²) in [6.45, 7) is 1.83. The highest BCUT2D eigenvalue weighted by Gasteiger charge is 2.44. The van der Waals surface area contributed by atoms with Gasteiger partial charge < -0.3 is 30.7 Å². The summed E-state index contributed by atoms with van der Waals surface area (Å²) < 4.78 is 44.5. The SMILES string of the molecule is COc1cccc2sc(-c3c(C)nc(NCC(F)(F)F)nc3N[C@@H]3C[C@H](C(C)O)[C@@H](O)[C@H]3O)nc12. The molecule has 5 N–H and O–H groups in total. The summed E-state index contributed by atoms with van der Waals surface area (Å²) in [7, 11) is 1.53. The third-order valence-electron chi connectivity index (χ3n) is 6.02. The maximum atomic E-state index is 12.8. The first kappa shape index (κ1) is 25.4. The maximum absolute atomic E-state index is 12.8. The number of para-hydroxylation sites is 1. The van der Waals surface area contributed by atoms with Gasteiger partial charge in [-0.05, 0) is 32.4 Å². The molecule has 1 fully saturated rings. The van der Waals surface area contributed by atoms with Crippen molar-refractivity contribution in [2.45, 2.75) is 50.8 Å². The summed E-state index contributed by atoms with van der Waals surface area (Å²) in [5, 5.41) is 36.6. The van der Waals surface area contributed by atoms with E-state index < -0.39 is 43.0 Å². The van der Waals surface area contributed by atoms with Crippen LogP contribution in [-0.2, 0) is 0 Å². The van der Waals surface area contributed by atoms with E-state index >= 15 is 0 Å². The molecule has 0 aliphatic heterocycles. The highest BCUT2D eigenvalue weighted by atomic mass is 32.1. The van der Waals surface area contributed by atoms with Crippen LogP contribution in [0.2, 0.25) is 0 Å². The molecule has 190 valence electrons. The summed E-state index contributed by atoms with van der Waals surface area (Å²) in [5.41, 5.74) is 1.43. The number of anilines is 2. The Morgan fingerprint density at radius 2 is 1.94 bits per heavy atom. The van der Waals surface area contributed by atoms with E-state index in [9.17, 15) is 28.5 Å². The van der Waals surface area contributed by atoms with Gasteiger partial charge in [0.2, 0.25) is 5.95 Å². The molecule has 0 radical (unpaired) electrons. The van der Waals surface area contributed by atoms with Gasteiger partial charge in [-0.1, -0.05) is 6.07 Å². The molecule has 1 aliphatic rings. The molecule has 2 heterocycles. The molecule has 2 aromatic heterocycles. The van der Waals surface area contributed by atoms with Gasteiger partial charge in [0.25, 0.3) is 0 Å². The minimum Gasteiger partial charge on any atom is -0.494 e. The van der Waals surface area contributed by atoms with Gasteiger partial charge in [-0.15, -0.1) is 11.3 Å². The van der Waals surface area contributed by atoms with Gasteiger partial charge in [0.1, 0.15) is 34.7 Å². The van der Waals surface area contributed by atoms with Crippen molar-refractivity contribution in [1.82, 2.24) is 15.0 Å². The molecule has 1 aliphatic carbocycles. The van der Waals surface area contributed by atoms with Crippen LogP contribution < -0.4 is 15.4 Å². The van der Waals surface area contributed by atoms with E-state index in [0.29, 0.717) is 27.5 Å². The van der Waals surface area contributed by atoms with Gasteiger partial charge in [0.15, 0.2) is 0 Å². The Hall–Kier alpha value is -2.74. The van der Waals surface area contributed by atoms with Crippen LogP contribution in [0.3, 0.4) is 0 Å². The number of hydrogen-bond acceptors (Lipinski definition) is 10. The third-order valence-corrected chi connectivity index (χ3v) is 7.06. The van der Waals surface area contributed by atoms with Gasteiger partial charge in [0.05, 0.1) is 41.3 Å². The Balaban J connectivity index is 1.77. The minimum atomic E-state index is -4.47. The molecule has 13 heteroatoms. The van der Waals surface area contributed by atoms with Crippen LogP contribution in [0, 0.1) is 12.8 Å². The van der Waals surface area contributed by atoms with Crippen LogP contribution in [-0.4, -0.2) is 74.5 Å². The number of thiazole rings is 1. The lowest BCUT2D eigenvalue weighted by Crippen LogP contribution is -2.36. The number of rotatable bonds is 7. The average Bonchev–Trinajstić information content (AvgIpc) is 3.33. The second-order valence-corrected chi connectivity index (χ2v) is 9.55. The van der Waals surface area contributed by atoms with Crippen LogP contribution in [0.25, 0.3) is 20.8 Å². The zero-order valence-corrected chi connectivity index (χ0v) is 20.0. The zero-order valence-electron chi connectivity index (χ0n) is 19.2. The van der Waals surface area contributed by atoms with Crippen molar-refractivity contribution < 1.29 is 33.2 Å². The molecule has 1 unspecified atom stereocenters. The first-order valence-corrected chi connectivity index (χ1v) is 11.7. The van der Waals surface area contributed by atoms with Crippen LogP contribution in [0.15, 0.2) is 18.2 Å². The van der Waals surface area contributed by atoms with Crippen molar-refractivity contribution in [2.24, 2.45) is 5.92 Å². The number of hydrogen-bond donors (Lipinski definition) is 5. The van der Waals surface area contributed by atoms with Crippen molar-refractivity contribution in [2.75, 3.05) is 24.3 Å². The molecule has 1 saturated carbocycles. The molecular weight excluding hydrogens is 487 g/mol. The number of benzene rings is 1. The molecule has 0 amide bonds. The first-order chi connectivity index (χ1) is 16.5. The maximum Gasteiger partial charge on any atom is 0.405 e. The first-order valence-electron chi connectivity index (χ1n) is 10.9. The smallest absolute Gasteiger partial charge is 0.405 e. The van der Waals surface area contributed by atoms with Crippen molar-refractivity contribution in [3.63, 3.8) is 0 Å². The van der Waals surface area contributed by atoms with Crippen molar-refractivity contribution in [3.05, 3.63) is 23.9 Å². The lowest BCUT2D eigenvalue weighted by atomic mass is 10.00. The Labute approximate surface area is 203 Å². The Morgan fingerprint density at radius 3 is 2.57 bits per heavy atom. The summed E-state index contributed by atoms with van der Waals surface area (Å²) in [4.78, 5) is 13.1. The minimum absolute atomic E-state index is 0.155. The number of aromatic nitrogens is 3. The van der Waals surface area contributed by atoms with Crippen molar-refractivity contribution in [1.29, 1.82) is 0 Å². The van der Waals surface area contributed by atoms with E-state index in [1.807, 2.05) is 12.1 Å². The van der Waals surface area contributed by atoms with Crippen LogP contribution >= 0.6 is 11.3 Å². The summed E-state index contributed by atoms with van der Waals surface area (Å²) in [5.74, 6) is -0.105. The molecule has 5 atom stereocenters. The van der Waals surface area contributed by atoms with E-state index in [1.165, 1.54) is 25.4 Å². The summed E-state index contributed by atoms with van der Waals surface area (Å²) in [6.07, 6.45) is -7.50. The standard InChI is InChI=1S/C22H26F3N5O4S/c1-9-15(20-29-16-13(34-3)5-4-6-14(16)35-20)19(30-21(27-9)26-8-22(23,24)25)28-12-7-11(10(2)31)17(32)18(12)33/h4-6,10-12,17-18,31-33H,7-8H2,1-3H3,(H2,26,27,28,30)/t10?,11-,12-,17-,18+/m1/s1. The van der Waals surface area contributed by atoms with E-state index in [0.717, 1.165) is 4.70 Å². The number of alkyl halides is 3. The quantitative estimate of drug-likeness (QED) is 0.323. The Bertz CT molecular complexity index is 1210. The summed E-state index contributed by atoms with van der Waals surface area (Å²) >= 11 is 1.33. The third kappa shape index (κ3) is 5.27. The van der Waals surface area contributed by atoms with E-state index in [2.05, 4.69) is 25.6 Å². The average molecular weight is 514 g/mol. The number of nitrogens with zero attached hydrogens (tertiary/aromatic N) is 3. The van der Waals surface area contributed by atoms with Crippen LogP contribution in [0.1, 0.15) is 19.0 Å². The fourth-order valence-electron chi connectivity index (χ4n) is 4.25. The number of fused-ring (bicyclic) bond motifs is 1. The Morgan fingerprint density at radius 1 is 1.20 bits per heavy atom. The molecule has 0 spiro atoms. The fraction of sp³-hybridized carbons (Fsp3) is 0.500. The number of aliphatic hydroxyl groups excluding tert-OH is 3. The number of halogens is 3. The normalized spacial score (nSPS) is 23.5. The fourth-order valence-corrected chi connectivity index (χ4v) is 5.33. The van der Waals surface area contributed by atoms with E-state index in [-0.39, 0.29) is 18.2 Å². The monoisotopic (exact) mass is 513 g/mol. The molecule has 0 bridgehead atoms. The highest BCUT2D eigenvalue weighted by molar-refractivity contribution is 7.21. The summed E-state index contributed by atoms with van der Waals surface area (Å²) in [6, 6.07) is 4.75. The number of aryl methyl sites for hydroxylation is 1. The predicted octanol–water partition coefficient (Wildman–Crippen LogP) is 2.95. The zero-order chi connectivity index (χ0) is 25.5. The van der Waals surface area contributed by atoms with Crippen LogP contribution in [0.5, 0.6) is 5.75 Å². The lowest BCUT2D eigenvalue weighted by Gasteiger charge is -2.21. The highest BCUT2D eigenvalue weighted by Crippen LogP contribution is 2.40. The molecular formula is C22H26F3N5O4S. The molecule has 1 aromatic carbocycles. The van der Waals surface area contributed by atoms with E-state index in [1.54, 1.807) is 13.0 Å². The second-order valence-electron chi connectivity index (χ2n) is 8.52.